The highest BCUT2D eigenvalue weighted by Crippen LogP contribution is 2.55. The van der Waals surface area contributed by atoms with Crippen LogP contribution in [0.15, 0.2) is 0 Å². The first-order valence-corrected chi connectivity index (χ1v) is 38.6. The molecule has 0 spiro atoms. The minimum absolute atomic E-state index is 0.0451. The van der Waals surface area contributed by atoms with Crippen molar-refractivity contribution in [3.8, 4) is 261 Å². The summed E-state index contributed by atoms with van der Waals surface area (Å²) in [7, 11) is 133. The van der Waals surface area contributed by atoms with Crippen LogP contribution in [0.3, 0.4) is 0 Å². The maximum atomic E-state index is 8.19. The molecule has 0 aromatic heterocycles. The highest BCUT2D eigenvalue weighted by atomic mass is 14.3. The molecule has 0 nitrogen and oxygen atoms in total. The van der Waals surface area contributed by atoms with Gasteiger partial charge in [-0.2, -0.15) is 0 Å². The number of hydrogen-bond donors (Lipinski definition) is 0. The third kappa shape index (κ3) is 19.0. The topological polar surface area (TPSA) is 0 Å². The molecule has 0 fully saturated rings. The lowest BCUT2D eigenvalue weighted by molar-refractivity contribution is 1.24. The molecule has 0 atom stereocenters. The number of fused-ring (bicyclic) bond motifs is 6. The lowest BCUT2D eigenvalue weighted by atomic mass is 8.66. The maximum Gasteiger partial charge on any atom is 0.113 e. The Bertz CT molecular complexity index is 7280. The SMILES string of the molecule is [B][B]B([B])B(B([B])[B])c1c(B(B([B])[B])B([B])[B])c(B([B][B])B([B])[B])c(B([B])B([B])[B])c2c(B([B])[B][B])c(-c3c(C)c(C)c(C)c4c(-c5c(C#CC#CC#CC#CC#C)c6c(C)c(C)c(C#CC)c(C#CC#C)c6c6c(C#CC#CC)c(C#CC#CC#C)c(C#CC#CC#CC)c(C#CC#CC#CC#C)c56)c5c(C)c(C)c(C)c(C)c5c(C)c34)c([B][B])c([B])c12. The largest absolute Gasteiger partial charge is 0.113 e. The van der Waals surface area contributed by atoms with E-state index in [-0.39, 0.29) is 71.3 Å². The molecular weight excluding hydrogens is 1450 g/mol. The summed E-state index contributed by atoms with van der Waals surface area (Å²) in [5.74, 6) is 106. The third-order valence-electron chi connectivity index (χ3n) is 22.3. The molecule has 0 aliphatic rings. The lowest BCUT2D eigenvalue weighted by Crippen LogP contribution is -2.80. The van der Waals surface area contributed by atoms with E-state index in [1.807, 2.05) is 34.6 Å². The second kappa shape index (κ2) is 44.1. The number of aryl methyl sites for hydroxylation is 5. The van der Waals surface area contributed by atoms with Crippen LogP contribution < -0.4 is 38.2 Å². The Kier molecular flexibility index (Phi) is 34.8. The van der Waals surface area contributed by atoms with Crippen LogP contribution in [-0.4, -0.2) is 239 Å². The fourth-order valence-electron chi connectivity index (χ4n) is 16.5. The van der Waals surface area contributed by atoms with Crippen molar-refractivity contribution >= 4 is 331 Å². The maximum absolute atomic E-state index is 8.19. The van der Waals surface area contributed by atoms with Gasteiger partial charge in [-0.3, -0.25) is 0 Å². The lowest BCUT2D eigenvalue weighted by Gasteiger charge is -2.42. The Balaban J connectivity index is 2.13. The van der Waals surface area contributed by atoms with Crippen LogP contribution in [0.4, 0.5) is 0 Å². The molecule has 0 saturated carbocycles. The Morgan fingerprint density at radius 2 is 0.661 bits per heavy atom. The van der Waals surface area contributed by atoms with Crippen molar-refractivity contribution in [2.24, 2.45) is 0 Å². The summed E-state index contributed by atoms with van der Waals surface area (Å²) >= 11 is 0. The molecule has 0 amide bonds. The molecule has 124 heavy (non-hydrogen) atoms. The van der Waals surface area contributed by atoms with E-state index in [1.54, 1.807) is 20.8 Å². The van der Waals surface area contributed by atoms with Crippen molar-refractivity contribution in [3.63, 3.8) is 0 Å². The third-order valence-corrected chi connectivity index (χ3v) is 22.3. The van der Waals surface area contributed by atoms with E-state index in [4.69, 9.17) is 165 Å². The van der Waals surface area contributed by atoms with E-state index in [0.29, 0.717) is 88.0 Å². The predicted octanol–water partition coefficient (Wildman–Crippen LogP) is -3.39. The molecule has 40 radical (unpaired) electrons. The van der Waals surface area contributed by atoms with Crippen molar-refractivity contribution in [3.05, 3.63) is 94.6 Å². The smallest absolute Gasteiger partial charge is 0.113 e. The molecule has 0 saturated heterocycles. The van der Waals surface area contributed by atoms with Gasteiger partial charge in [0.2, 0.25) is 0 Å². The van der Waals surface area contributed by atoms with Gasteiger partial charge in [0.1, 0.15) is 7.85 Å². The molecule has 0 aliphatic carbocycles. The Labute approximate surface area is 770 Å². The number of terminal acetylenes is 4. The van der Waals surface area contributed by atoms with Crippen LogP contribution in [0.1, 0.15) is 115 Å². The summed E-state index contributed by atoms with van der Waals surface area (Å²) in [6.45, 7) is 18.7. The quantitative estimate of drug-likeness (QED) is 0.0387. The first-order chi connectivity index (χ1) is 59.3. The molecule has 0 aliphatic heterocycles. The van der Waals surface area contributed by atoms with Crippen LogP contribution in [-0.2, 0) is 0 Å². The van der Waals surface area contributed by atoms with Crippen molar-refractivity contribution in [2.75, 3.05) is 0 Å². The van der Waals surface area contributed by atoms with Crippen LogP contribution in [0, 0.1) is 308 Å². The van der Waals surface area contributed by atoms with Crippen molar-refractivity contribution in [1.82, 2.24) is 0 Å². The first-order valence-electron chi connectivity index (χ1n) is 38.6. The Morgan fingerprint density at radius 1 is 0.258 bits per heavy atom. The average Bonchev–Trinajstić information content (AvgIpc) is 0.677. The highest BCUT2D eigenvalue weighted by Gasteiger charge is 2.43. The van der Waals surface area contributed by atoms with Crippen molar-refractivity contribution in [1.29, 1.82) is 0 Å². The zero-order valence-corrected chi connectivity index (χ0v) is 71.4. The zero-order valence-electron chi connectivity index (χ0n) is 71.4. The van der Waals surface area contributed by atoms with Gasteiger partial charge in [-0.1, -0.05) is 80.6 Å². The van der Waals surface area contributed by atoms with Gasteiger partial charge in [0.25, 0.3) is 0 Å². The van der Waals surface area contributed by atoms with Gasteiger partial charge in [0.05, 0.1) is 67.5 Å². The summed E-state index contributed by atoms with van der Waals surface area (Å²) in [6.07, 6.45) is 14.9. The average molecular weight is 1490 g/mol. The summed E-state index contributed by atoms with van der Waals surface area (Å²) < 4.78 is 0. The van der Waals surface area contributed by atoms with Crippen LogP contribution in [0.5, 0.6) is 0 Å². The fraction of sp³-hybridized carbons (Fsp3) is 0.143. The number of hydrogen-bond acceptors (Lipinski definition) is 0. The van der Waals surface area contributed by atoms with Gasteiger partial charge in [-0.25, -0.2) is 0 Å². The highest BCUT2D eigenvalue weighted by molar-refractivity contribution is 7.89. The summed E-state index contributed by atoms with van der Waals surface area (Å²) in [5, 5.41) is 4.73. The normalized spacial score (nSPS) is 9.17. The monoisotopic (exact) mass is 1500 g/mol. The molecule has 33 heteroatoms. The summed E-state index contributed by atoms with van der Waals surface area (Å²) in [4.78, 5) is 0. The van der Waals surface area contributed by atoms with Gasteiger partial charge in [0.15, 0.2) is 0 Å². The van der Waals surface area contributed by atoms with Crippen LogP contribution in [0.25, 0.3) is 76.1 Å². The summed E-state index contributed by atoms with van der Waals surface area (Å²) in [5.41, 5.74) is 12.6. The first kappa shape index (κ1) is 97.8. The molecule has 0 bridgehead atoms. The Hall–Kier alpha value is -11.6. The van der Waals surface area contributed by atoms with Gasteiger partial charge < -0.3 is 0 Å². The van der Waals surface area contributed by atoms with E-state index < -0.39 is 70.8 Å². The minimum Gasteiger partial charge on any atom is -0.113 e. The van der Waals surface area contributed by atoms with E-state index in [2.05, 4.69) is 248 Å². The van der Waals surface area contributed by atoms with Crippen molar-refractivity contribution in [2.45, 2.75) is 90.0 Å². The second-order valence-electron chi connectivity index (χ2n) is 28.8. The minimum atomic E-state index is -1.46. The molecule has 0 N–H and O–H groups in total. The molecule has 506 valence electrons. The molecule has 8 rings (SSSR count). The van der Waals surface area contributed by atoms with Gasteiger partial charge >= 0.3 is 0 Å². The van der Waals surface area contributed by atoms with E-state index in [0.717, 1.165) is 49.7 Å². The second-order valence-corrected chi connectivity index (χ2v) is 28.8. The molecule has 8 aromatic rings. The predicted molar refractivity (Wildman–Crippen MR) is 570 cm³/mol. The van der Waals surface area contributed by atoms with E-state index in [1.165, 1.54) is 28.4 Å². The molecule has 8 aromatic carbocycles. The van der Waals surface area contributed by atoms with E-state index >= 15 is 0 Å². The number of rotatable bonds is 17. The standard InChI is InChI=1S/C91H43B33/c1-18-25-31-35-37-38-41-46-53-70-72-62(16)57(11)64(47-24-7)67(48-30-23-6)77(72)78-68(51-42-29-22-5)65(49-43-34-28-21-4)66(50-44-39-33-27-20-3)69(52-45-40-36-32-26-19-2)79(78)80(70)81-73-59(13)55(9)54(8)58(12)71(73)63(17)76-74(81)60(14)56(10)61(15)75(76)83-86(110-93)85(92)82-84(87(83)114(97)111-94)88(115(98)119(99)100)90(116(112-95)120(101)102)91(117(121(103)104)122(105)106)89(82)118(123(107)108)124(109)113-96/h1-2,4,6H,3,5,7-17H3. The van der Waals surface area contributed by atoms with Crippen LogP contribution in [0.2, 0.25) is 0 Å². The molecule has 0 heterocycles. The molecule has 0 unspecified atom stereocenters. The summed E-state index contributed by atoms with van der Waals surface area (Å²) in [6, 6.07) is 0. The van der Waals surface area contributed by atoms with Crippen LogP contribution >= 0.6 is 0 Å². The number of benzene rings is 8. The van der Waals surface area contributed by atoms with Gasteiger partial charge in [-0.05, 0) is 349 Å². The zero-order chi connectivity index (χ0) is 91.6. The Morgan fingerprint density at radius 3 is 1.12 bits per heavy atom. The fourth-order valence-corrected chi connectivity index (χ4v) is 16.5. The van der Waals surface area contributed by atoms with Crippen molar-refractivity contribution < 1.29 is 0 Å². The van der Waals surface area contributed by atoms with E-state index in [9.17, 15) is 0 Å². The van der Waals surface area contributed by atoms with Gasteiger partial charge in [-0.15, -0.1) is 42.5 Å². The van der Waals surface area contributed by atoms with Gasteiger partial charge in [0, 0.05) is 229 Å². The molecular formula is C91H43B33.